The van der Waals surface area contributed by atoms with Gasteiger partial charge in [-0.3, -0.25) is 4.79 Å². The quantitative estimate of drug-likeness (QED) is 0.439. The average Bonchev–Trinajstić information content (AvgIpc) is 3.24. The number of aromatic nitrogens is 2. The smallest absolute Gasteiger partial charge is 0.277 e. The van der Waals surface area contributed by atoms with Crippen LogP contribution in [0.3, 0.4) is 0 Å². The van der Waals surface area contributed by atoms with E-state index in [0.29, 0.717) is 16.9 Å². The fourth-order valence-electron chi connectivity index (χ4n) is 1.99. The van der Waals surface area contributed by atoms with E-state index in [4.69, 9.17) is 9.15 Å². The van der Waals surface area contributed by atoms with E-state index in [9.17, 15) is 9.18 Å². The van der Waals surface area contributed by atoms with Crippen LogP contribution in [0.15, 0.2) is 46.0 Å². The largest absolute Gasteiger partial charge is 0.481 e. The van der Waals surface area contributed by atoms with Crippen molar-refractivity contribution in [1.29, 1.82) is 0 Å². The van der Waals surface area contributed by atoms with Gasteiger partial charge in [-0.1, -0.05) is 11.8 Å². The summed E-state index contributed by atoms with van der Waals surface area (Å²) in [6.45, 7) is 3.71. The van der Waals surface area contributed by atoms with Crippen molar-refractivity contribution in [1.82, 2.24) is 10.2 Å². The summed E-state index contributed by atoms with van der Waals surface area (Å²) >= 11 is 2.66. The zero-order valence-electron chi connectivity index (χ0n) is 13.6. The van der Waals surface area contributed by atoms with Gasteiger partial charge in [-0.05, 0) is 50.2 Å². The number of halogens is 1. The van der Waals surface area contributed by atoms with Gasteiger partial charge in [0.1, 0.15) is 11.6 Å². The number of Topliss-reactive ketones (excluding diaryl/α,β-unsaturated/α-hetero) is 1. The topological polar surface area (TPSA) is 65.2 Å². The maximum Gasteiger partial charge on any atom is 0.277 e. The van der Waals surface area contributed by atoms with E-state index in [1.165, 1.54) is 47.4 Å². The number of hydrogen-bond acceptors (Lipinski definition) is 7. The minimum absolute atomic E-state index is 0.0264. The van der Waals surface area contributed by atoms with Crippen LogP contribution in [0.5, 0.6) is 5.75 Å². The SMILES string of the molecule is Cc1ccc(C(=O)CSc2nnc([C@@H](C)Oc3ccc(F)cc3)o2)s1. The summed E-state index contributed by atoms with van der Waals surface area (Å²) < 4.78 is 24.1. The molecule has 0 saturated carbocycles. The molecule has 25 heavy (non-hydrogen) atoms. The summed E-state index contributed by atoms with van der Waals surface area (Å²) in [5.41, 5.74) is 0. The number of thiophene rings is 1. The van der Waals surface area contributed by atoms with E-state index in [1.807, 2.05) is 19.1 Å². The number of ketones is 1. The molecule has 0 amide bonds. The van der Waals surface area contributed by atoms with Crippen LogP contribution in [0.4, 0.5) is 4.39 Å². The predicted octanol–water partition coefficient (Wildman–Crippen LogP) is 4.69. The molecular formula is C17H15FN2O3S2. The molecule has 0 aliphatic heterocycles. The van der Waals surface area contributed by atoms with Gasteiger partial charge in [-0.2, -0.15) is 0 Å². The van der Waals surface area contributed by atoms with Crippen molar-refractivity contribution in [3.05, 3.63) is 57.9 Å². The van der Waals surface area contributed by atoms with E-state index in [-0.39, 0.29) is 17.4 Å². The van der Waals surface area contributed by atoms with Crippen LogP contribution in [0.2, 0.25) is 0 Å². The molecule has 3 rings (SSSR count). The van der Waals surface area contributed by atoms with Crippen molar-refractivity contribution in [2.24, 2.45) is 0 Å². The predicted molar refractivity (Wildman–Crippen MR) is 93.9 cm³/mol. The van der Waals surface area contributed by atoms with Crippen LogP contribution in [-0.4, -0.2) is 21.7 Å². The molecule has 130 valence electrons. The molecule has 0 unspecified atom stereocenters. The molecule has 2 aromatic heterocycles. The Hall–Kier alpha value is -2.19. The maximum atomic E-state index is 12.9. The highest BCUT2D eigenvalue weighted by Gasteiger charge is 2.17. The molecule has 3 aromatic rings. The van der Waals surface area contributed by atoms with Crippen LogP contribution < -0.4 is 4.74 Å². The average molecular weight is 378 g/mol. The molecule has 0 radical (unpaired) electrons. The Balaban J connectivity index is 1.56. The summed E-state index contributed by atoms with van der Waals surface area (Å²) in [4.78, 5) is 13.9. The van der Waals surface area contributed by atoms with Gasteiger partial charge in [0.2, 0.25) is 0 Å². The van der Waals surface area contributed by atoms with E-state index in [1.54, 1.807) is 6.92 Å². The Morgan fingerprint density at radius 3 is 2.72 bits per heavy atom. The number of ether oxygens (including phenoxy) is 1. The van der Waals surface area contributed by atoms with Crippen molar-refractivity contribution >= 4 is 28.9 Å². The lowest BCUT2D eigenvalue weighted by Crippen LogP contribution is -2.03. The summed E-state index contributed by atoms with van der Waals surface area (Å²) in [6.07, 6.45) is -0.483. The highest BCUT2D eigenvalue weighted by atomic mass is 32.2. The summed E-state index contributed by atoms with van der Waals surface area (Å²) in [5, 5.41) is 8.17. The number of rotatable bonds is 7. The number of aryl methyl sites for hydroxylation is 1. The molecule has 0 saturated heterocycles. The second-order valence-corrected chi connectivity index (χ2v) is 7.46. The standard InChI is InChI=1S/C17H15FN2O3S2/c1-10-3-8-15(25-10)14(21)9-24-17-20-19-16(23-17)11(2)22-13-6-4-12(18)5-7-13/h3-8,11H,9H2,1-2H3/t11-/m1/s1. The number of benzene rings is 1. The number of carbonyl (C=O) groups is 1. The van der Waals surface area contributed by atoms with Gasteiger partial charge < -0.3 is 9.15 Å². The molecule has 0 aliphatic rings. The van der Waals surface area contributed by atoms with Crippen LogP contribution in [-0.2, 0) is 0 Å². The lowest BCUT2D eigenvalue weighted by molar-refractivity contribution is 0.102. The van der Waals surface area contributed by atoms with Crippen molar-refractivity contribution in [3.63, 3.8) is 0 Å². The molecule has 1 atom stereocenters. The van der Waals surface area contributed by atoms with Gasteiger partial charge in [-0.15, -0.1) is 21.5 Å². The zero-order valence-corrected chi connectivity index (χ0v) is 15.2. The first kappa shape index (κ1) is 17.6. The second kappa shape index (κ2) is 7.79. The summed E-state index contributed by atoms with van der Waals surface area (Å²) in [7, 11) is 0. The van der Waals surface area contributed by atoms with Gasteiger partial charge in [0.25, 0.3) is 11.1 Å². The normalized spacial score (nSPS) is 12.1. The van der Waals surface area contributed by atoms with Crippen LogP contribution >= 0.6 is 23.1 Å². The first-order valence-corrected chi connectivity index (χ1v) is 9.29. The molecule has 0 N–H and O–H groups in total. The Bertz CT molecular complexity index is 861. The number of nitrogens with zero attached hydrogens (tertiary/aromatic N) is 2. The van der Waals surface area contributed by atoms with Gasteiger partial charge >= 0.3 is 0 Å². The molecule has 0 aliphatic carbocycles. The molecule has 0 spiro atoms. The zero-order chi connectivity index (χ0) is 17.8. The molecule has 1 aromatic carbocycles. The lowest BCUT2D eigenvalue weighted by atomic mass is 10.3. The fraction of sp³-hybridized carbons (Fsp3) is 0.235. The molecule has 2 heterocycles. The summed E-state index contributed by atoms with van der Waals surface area (Å²) in [6, 6.07) is 9.42. The van der Waals surface area contributed by atoms with Crippen molar-refractivity contribution in [3.8, 4) is 5.75 Å². The van der Waals surface area contributed by atoms with Crippen LogP contribution in [0.1, 0.15) is 33.5 Å². The third-order valence-electron chi connectivity index (χ3n) is 3.24. The third-order valence-corrected chi connectivity index (χ3v) is 5.10. The Kier molecular flexibility index (Phi) is 5.50. The monoisotopic (exact) mass is 378 g/mol. The number of hydrogen-bond donors (Lipinski definition) is 0. The molecule has 0 fully saturated rings. The minimum atomic E-state index is -0.483. The highest BCUT2D eigenvalue weighted by Crippen LogP contribution is 2.25. The Labute approximate surface area is 152 Å². The van der Waals surface area contributed by atoms with E-state index >= 15 is 0 Å². The first-order valence-electron chi connectivity index (χ1n) is 7.49. The number of carbonyl (C=O) groups excluding carboxylic acids is 1. The Morgan fingerprint density at radius 1 is 1.28 bits per heavy atom. The number of thioether (sulfide) groups is 1. The van der Waals surface area contributed by atoms with Crippen LogP contribution in [0, 0.1) is 12.7 Å². The fourth-order valence-corrected chi connectivity index (χ4v) is 3.54. The van der Waals surface area contributed by atoms with E-state index in [0.717, 1.165) is 9.75 Å². The van der Waals surface area contributed by atoms with E-state index < -0.39 is 6.10 Å². The second-order valence-electron chi connectivity index (χ2n) is 5.24. The van der Waals surface area contributed by atoms with Crippen molar-refractivity contribution < 1.29 is 18.3 Å². The lowest BCUT2D eigenvalue weighted by Gasteiger charge is -2.10. The molecule has 5 nitrogen and oxygen atoms in total. The van der Waals surface area contributed by atoms with Gasteiger partial charge in [0.15, 0.2) is 11.9 Å². The summed E-state index contributed by atoms with van der Waals surface area (Å²) in [5.74, 6) is 0.728. The van der Waals surface area contributed by atoms with Gasteiger partial charge in [0, 0.05) is 4.88 Å². The molecular weight excluding hydrogens is 363 g/mol. The van der Waals surface area contributed by atoms with Gasteiger partial charge in [-0.25, -0.2) is 4.39 Å². The molecule has 8 heteroatoms. The maximum absolute atomic E-state index is 12.9. The van der Waals surface area contributed by atoms with E-state index in [2.05, 4.69) is 10.2 Å². The van der Waals surface area contributed by atoms with Crippen molar-refractivity contribution in [2.75, 3.05) is 5.75 Å². The Morgan fingerprint density at radius 2 is 2.04 bits per heavy atom. The van der Waals surface area contributed by atoms with Crippen molar-refractivity contribution in [2.45, 2.75) is 25.2 Å². The first-order chi connectivity index (χ1) is 12.0. The van der Waals surface area contributed by atoms with Crippen LogP contribution in [0.25, 0.3) is 0 Å². The molecule has 0 bridgehead atoms. The van der Waals surface area contributed by atoms with Gasteiger partial charge in [0.05, 0.1) is 10.6 Å². The minimum Gasteiger partial charge on any atom is -0.481 e. The third kappa shape index (κ3) is 4.67. The highest BCUT2D eigenvalue weighted by molar-refractivity contribution is 7.99.